The molecule has 2 fully saturated rings. The number of piperidine rings is 1. The first-order chi connectivity index (χ1) is 17.2. The van der Waals surface area contributed by atoms with E-state index in [0.717, 1.165) is 5.56 Å². The predicted octanol–water partition coefficient (Wildman–Crippen LogP) is 1.80. The molecule has 3 N–H and O–H groups in total. The van der Waals surface area contributed by atoms with Gasteiger partial charge in [0.15, 0.2) is 24.3 Å². The number of likely N-dealkylation sites (tertiary alicyclic amines) is 1. The number of nitrogens with zero attached hydrogens (tertiary/aromatic N) is 1. The summed E-state index contributed by atoms with van der Waals surface area (Å²) >= 11 is 0. The number of aliphatic hydroxyl groups excluding tert-OH is 2. The van der Waals surface area contributed by atoms with E-state index in [4.69, 9.17) is 18.4 Å². The molecule has 0 aromatic heterocycles. The highest BCUT2D eigenvalue weighted by molar-refractivity contribution is 7.86. The van der Waals surface area contributed by atoms with Gasteiger partial charge < -0.3 is 29.5 Å². The van der Waals surface area contributed by atoms with Crippen LogP contribution in [0.15, 0.2) is 59.5 Å². The lowest BCUT2D eigenvalue weighted by atomic mass is 9.88. The molecule has 2 aliphatic heterocycles. The zero-order valence-electron chi connectivity index (χ0n) is 20.8. The quantitative estimate of drug-likeness (QED) is 0.492. The molecule has 2 aromatic rings. The molecule has 202 valence electrons. The van der Waals surface area contributed by atoms with E-state index in [1.807, 2.05) is 0 Å². The maximum Gasteiger partial charge on any atom is 0.414 e. The Hall–Kier alpha value is -2.58. The van der Waals surface area contributed by atoms with Gasteiger partial charge in [0.1, 0.15) is 24.4 Å². The van der Waals surface area contributed by atoms with Crippen molar-refractivity contribution < 1.29 is 46.9 Å². The van der Waals surface area contributed by atoms with Crippen LogP contribution >= 0.6 is 0 Å². The Morgan fingerprint density at radius 1 is 1.08 bits per heavy atom. The molecule has 37 heavy (non-hydrogen) atoms. The van der Waals surface area contributed by atoms with Crippen LogP contribution in [0.5, 0.6) is 0 Å². The molecule has 11 nitrogen and oxygen atoms in total. The van der Waals surface area contributed by atoms with Crippen LogP contribution in [0.4, 0.5) is 4.79 Å². The molecule has 0 aliphatic carbocycles. The number of carbonyl (C=O) groups excluding carboxylic acids is 1. The first kappa shape index (κ1) is 27.5. The second-order valence-corrected chi connectivity index (χ2v) is 11.6. The Morgan fingerprint density at radius 2 is 1.70 bits per heavy atom. The fraction of sp³-hybridized carbons (Fsp3) is 0.480. The third-order valence-electron chi connectivity index (χ3n) is 6.00. The van der Waals surface area contributed by atoms with Crippen molar-refractivity contribution in [1.82, 2.24) is 4.90 Å². The SMILES string of the molecule is Cc1ccc(S(=O)(=O)O[C@H]2C(O)N(C(=O)OC(C)(C)C)[C@@]3(O)COC(c4ccccc4)O[C@H]3[C@@H]2O)cc1. The highest BCUT2D eigenvalue weighted by Gasteiger charge is 2.64. The van der Waals surface area contributed by atoms with Crippen molar-refractivity contribution in [2.24, 2.45) is 0 Å². The van der Waals surface area contributed by atoms with E-state index in [9.17, 15) is 28.5 Å². The summed E-state index contributed by atoms with van der Waals surface area (Å²) in [5, 5.41) is 33.8. The van der Waals surface area contributed by atoms with Crippen LogP contribution in [0.1, 0.15) is 38.2 Å². The number of aryl methyl sites for hydroxylation is 1. The lowest BCUT2D eigenvalue weighted by Crippen LogP contribution is -2.78. The van der Waals surface area contributed by atoms with Crippen molar-refractivity contribution in [2.75, 3.05) is 6.61 Å². The minimum atomic E-state index is -4.52. The number of aliphatic hydroxyl groups is 3. The van der Waals surface area contributed by atoms with Crippen molar-refractivity contribution >= 4 is 16.2 Å². The van der Waals surface area contributed by atoms with E-state index in [1.165, 1.54) is 12.1 Å². The van der Waals surface area contributed by atoms with Gasteiger partial charge in [0.2, 0.25) is 0 Å². The van der Waals surface area contributed by atoms with Gasteiger partial charge in [-0.05, 0) is 39.8 Å². The fourth-order valence-corrected chi connectivity index (χ4v) is 5.31. The van der Waals surface area contributed by atoms with E-state index in [2.05, 4.69) is 0 Å². The van der Waals surface area contributed by atoms with Crippen LogP contribution in [0.3, 0.4) is 0 Å². The van der Waals surface area contributed by atoms with Crippen LogP contribution in [-0.2, 0) is 28.5 Å². The maximum atomic E-state index is 13.1. The van der Waals surface area contributed by atoms with Gasteiger partial charge >= 0.3 is 6.09 Å². The number of hydrogen-bond acceptors (Lipinski definition) is 10. The molecule has 1 amide bonds. The van der Waals surface area contributed by atoms with Crippen molar-refractivity contribution in [3.8, 4) is 0 Å². The average Bonchev–Trinajstić information content (AvgIpc) is 2.81. The van der Waals surface area contributed by atoms with Gasteiger partial charge in [0.25, 0.3) is 10.1 Å². The van der Waals surface area contributed by atoms with Crippen LogP contribution in [-0.4, -0.2) is 77.2 Å². The van der Waals surface area contributed by atoms with Gasteiger partial charge in [-0.3, -0.25) is 4.18 Å². The predicted molar refractivity (Wildman–Crippen MR) is 128 cm³/mol. The molecule has 2 aromatic carbocycles. The summed E-state index contributed by atoms with van der Waals surface area (Å²) in [6.45, 7) is 5.92. The number of benzene rings is 2. The highest BCUT2D eigenvalue weighted by atomic mass is 32.2. The molecule has 0 bridgehead atoms. The number of hydrogen-bond donors (Lipinski definition) is 3. The Bertz CT molecular complexity index is 1210. The Kier molecular flexibility index (Phi) is 7.38. The second kappa shape index (κ2) is 9.95. The van der Waals surface area contributed by atoms with Gasteiger partial charge in [0, 0.05) is 5.56 Å². The average molecular weight is 538 g/mol. The standard InChI is InChI=1S/C25H31NO10S/c1-15-10-12-17(13-11-15)37(31,32)36-19-18(27)20-25(30,26(21(19)28)23(29)35-24(2,3)4)14-33-22(34-20)16-8-6-5-7-9-16/h5-13,18-22,27-28,30H,14H2,1-4H3/t18-,19-,20+,21?,22?,25-/m1/s1. The maximum absolute atomic E-state index is 13.1. The Balaban J connectivity index is 1.72. The first-order valence-corrected chi connectivity index (χ1v) is 13.1. The minimum Gasteiger partial charge on any atom is -0.444 e. The molecule has 12 heteroatoms. The largest absolute Gasteiger partial charge is 0.444 e. The molecule has 6 atom stereocenters. The summed E-state index contributed by atoms with van der Waals surface area (Å²) < 4.78 is 48.2. The van der Waals surface area contributed by atoms with Gasteiger partial charge in [-0.1, -0.05) is 48.0 Å². The number of rotatable bonds is 4. The van der Waals surface area contributed by atoms with Gasteiger partial charge in [-0.25, -0.2) is 9.69 Å². The zero-order valence-corrected chi connectivity index (χ0v) is 21.7. The van der Waals surface area contributed by atoms with Crippen molar-refractivity contribution in [3.05, 3.63) is 65.7 Å². The molecule has 0 saturated carbocycles. The zero-order chi connectivity index (χ0) is 27.2. The minimum absolute atomic E-state index is 0.225. The lowest BCUT2D eigenvalue weighted by Gasteiger charge is -2.56. The number of amides is 1. The summed E-state index contributed by atoms with van der Waals surface area (Å²) in [5.74, 6) is 0. The summed E-state index contributed by atoms with van der Waals surface area (Å²) in [4.78, 5) is 13.4. The number of fused-ring (bicyclic) bond motifs is 1. The van der Waals surface area contributed by atoms with Gasteiger partial charge in [0.05, 0.1) is 4.90 Å². The topological polar surface area (TPSA) is 152 Å². The molecule has 2 unspecified atom stereocenters. The van der Waals surface area contributed by atoms with E-state index in [1.54, 1.807) is 70.2 Å². The Labute approximate surface area is 215 Å². The van der Waals surface area contributed by atoms with Crippen LogP contribution in [0.25, 0.3) is 0 Å². The third-order valence-corrected chi connectivity index (χ3v) is 7.33. The Morgan fingerprint density at radius 3 is 2.30 bits per heavy atom. The molecular weight excluding hydrogens is 506 g/mol. The molecule has 4 rings (SSSR count). The van der Waals surface area contributed by atoms with E-state index in [-0.39, 0.29) is 4.90 Å². The summed E-state index contributed by atoms with van der Waals surface area (Å²) in [6.07, 6.45) is -9.86. The monoisotopic (exact) mass is 537 g/mol. The van der Waals surface area contributed by atoms with Crippen molar-refractivity contribution in [3.63, 3.8) is 0 Å². The molecule has 2 heterocycles. The fourth-order valence-electron chi connectivity index (χ4n) is 4.22. The van der Waals surface area contributed by atoms with Crippen molar-refractivity contribution in [2.45, 2.75) is 74.7 Å². The molecule has 0 radical (unpaired) electrons. The van der Waals surface area contributed by atoms with Crippen LogP contribution in [0.2, 0.25) is 0 Å². The van der Waals surface area contributed by atoms with E-state index >= 15 is 0 Å². The van der Waals surface area contributed by atoms with Crippen LogP contribution in [0, 0.1) is 6.92 Å². The van der Waals surface area contributed by atoms with E-state index < -0.39 is 65.0 Å². The molecule has 2 saturated heterocycles. The summed E-state index contributed by atoms with van der Waals surface area (Å²) in [5.41, 5.74) is -2.09. The summed E-state index contributed by atoms with van der Waals surface area (Å²) in [7, 11) is -4.52. The number of carbonyl (C=O) groups is 1. The highest BCUT2D eigenvalue weighted by Crippen LogP contribution is 2.42. The summed E-state index contributed by atoms with van der Waals surface area (Å²) in [6, 6.07) is 14.4. The van der Waals surface area contributed by atoms with Gasteiger partial charge in [-0.2, -0.15) is 8.42 Å². The molecular formula is C25H31NO10S. The number of ether oxygens (including phenoxy) is 3. The lowest BCUT2D eigenvalue weighted by molar-refractivity contribution is -0.383. The van der Waals surface area contributed by atoms with Crippen molar-refractivity contribution in [1.29, 1.82) is 0 Å². The smallest absolute Gasteiger partial charge is 0.414 e. The first-order valence-electron chi connectivity index (χ1n) is 11.7. The molecule has 0 spiro atoms. The molecule has 2 aliphatic rings. The van der Waals surface area contributed by atoms with E-state index in [0.29, 0.717) is 10.5 Å². The normalized spacial score (nSPS) is 30.5. The van der Waals surface area contributed by atoms with Crippen LogP contribution < -0.4 is 0 Å². The van der Waals surface area contributed by atoms with Gasteiger partial charge in [-0.15, -0.1) is 0 Å². The second-order valence-electron chi connectivity index (χ2n) is 10.1. The third kappa shape index (κ3) is 5.50.